The molecule has 0 spiro atoms. The first-order valence-corrected chi connectivity index (χ1v) is 6.81. The summed E-state index contributed by atoms with van der Waals surface area (Å²) >= 11 is 0. The highest BCUT2D eigenvalue weighted by Crippen LogP contribution is 2.15. The van der Waals surface area contributed by atoms with E-state index >= 15 is 0 Å². The standard InChI is InChI=1S/C15H24N2/c1-3-16-15-9-10-17(12-15)13(2)11-14-7-5-4-6-8-14/h4-8,13,15-16H,3,9-12H2,1-2H3. The third-order valence-electron chi connectivity index (χ3n) is 3.71. The van der Waals surface area contributed by atoms with Crippen molar-refractivity contribution >= 4 is 0 Å². The molecule has 0 bridgehead atoms. The molecular formula is C15H24N2. The summed E-state index contributed by atoms with van der Waals surface area (Å²) in [4.78, 5) is 2.61. The molecule has 0 saturated carbocycles. The number of hydrogen-bond acceptors (Lipinski definition) is 2. The molecule has 17 heavy (non-hydrogen) atoms. The molecule has 2 atom stereocenters. The molecule has 1 heterocycles. The SMILES string of the molecule is CCNC1CCN(C(C)Cc2ccccc2)C1. The van der Waals surface area contributed by atoms with Crippen molar-refractivity contribution in [3.63, 3.8) is 0 Å². The van der Waals surface area contributed by atoms with E-state index in [9.17, 15) is 0 Å². The van der Waals surface area contributed by atoms with E-state index in [-0.39, 0.29) is 0 Å². The molecule has 2 unspecified atom stereocenters. The summed E-state index contributed by atoms with van der Waals surface area (Å²) in [6, 6.07) is 12.2. The molecule has 1 N–H and O–H groups in total. The second-order valence-electron chi connectivity index (χ2n) is 5.08. The van der Waals surface area contributed by atoms with Crippen LogP contribution >= 0.6 is 0 Å². The van der Waals surface area contributed by atoms with E-state index in [1.54, 1.807) is 0 Å². The maximum absolute atomic E-state index is 3.55. The van der Waals surface area contributed by atoms with Gasteiger partial charge in [0, 0.05) is 25.2 Å². The molecule has 0 aromatic heterocycles. The third kappa shape index (κ3) is 3.55. The predicted octanol–water partition coefficient (Wildman–Crippen LogP) is 2.30. The summed E-state index contributed by atoms with van der Waals surface area (Å²) < 4.78 is 0. The van der Waals surface area contributed by atoms with Crippen LogP contribution in [0.5, 0.6) is 0 Å². The van der Waals surface area contributed by atoms with Crippen molar-refractivity contribution in [3.8, 4) is 0 Å². The Morgan fingerprint density at radius 1 is 1.35 bits per heavy atom. The Hall–Kier alpha value is -0.860. The van der Waals surface area contributed by atoms with E-state index in [0.717, 1.165) is 6.54 Å². The van der Waals surface area contributed by atoms with Gasteiger partial charge in [-0.2, -0.15) is 0 Å². The summed E-state index contributed by atoms with van der Waals surface area (Å²) in [6.07, 6.45) is 2.46. The van der Waals surface area contributed by atoms with Crippen LogP contribution in [0.3, 0.4) is 0 Å². The van der Waals surface area contributed by atoms with Crippen LogP contribution < -0.4 is 5.32 Å². The van der Waals surface area contributed by atoms with Gasteiger partial charge in [-0.25, -0.2) is 0 Å². The molecule has 2 nitrogen and oxygen atoms in total. The lowest BCUT2D eigenvalue weighted by Crippen LogP contribution is -2.37. The van der Waals surface area contributed by atoms with Crippen molar-refractivity contribution in [1.29, 1.82) is 0 Å². The van der Waals surface area contributed by atoms with Crippen molar-refractivity contribution in [2.24, 2.45) is 0 Å². The van der Waals surface area contributed by atoms with E-state index in [0.29, 0.717) is 12.1 Å². The van der Waals surface area contributed by atoms with Crippen molar-refractivity contribution in [2.75, 3.05) is 19.6 Å². The van der Waals surface area contributed by atoms with Gasteiger partial charge in [0.15, 0.2) is 0 Å². The van der Waals surface area contributed by atoms with Gasteiger partial charge in [-0.05, 0) is 31.9 Å². The highest BCUT2D eigenvalue weighted by molar-refractivity contribution is 5.15. The Labute approximate surface area is 105 Å². The fourth-order valence-electron chi connectivity index (χ4n) is 2.73. The lowest BCUT2D eigenvalue weighted by atomic mass is 10.1. The number of likely N-dealkylation sites (tertiary alicyclic amines) is 1. The molecule has 1 aromatic carbocycles. The van der Waals surface area contributed by atoms with E-state index < -0.39 is 0 Å². The summed E-state index contributed by atoms with van der Waals surface area (Å²) in [5, 5.41) is 3.55. The van der Waals surface area contributed by atoms with Crippen LogP contribution in [0.15, 0.2) is 30.3 Å². The predicted molar refractivity (Wildman–Crippen MR) is 73.3 cm³/mol. The Morgan fingerprint density at radius 2 is 2.12 bits per heavy atom. The molecule has 2 rings (SSSR count). The molecule has 1 aromatic rings. The van der Waals surface area contributed by atoms with Crippen molar-refractivity contribution in [1.82, 2.24) is 10.2 Å². The van der Waals surface area contributed by atoms with Crippen LogP contribution in [0.25, 0.3) is 0 Å². The summed E-state index contributed by atoms with van der Waals surface area (Å²) in [5.41, 5.74) is 1.45. The van der Waals surface area contributed by atoms with Gasteiger partial charge in [0.05, 0.1) is 0 Å². The highest BCUT2D eigenvalue weighted by atomic mass is 15.2. The zero-order chi connectivity index (χ0) is 12.1. The van der Waals surface area contributed by atoms with Crippen LogP contribution in [-0.2, 0) is 6.42 Å². The van der Waals surface area contributed by atoms with Crippen LogP contribution in [0, 0.1) is 0 Å². The summed E-state index contributed by atoms with van der Waals surface area (Å²) in [7, 11) is 0. The number of nitrogens with one attached hydrogen (secondary N) is 1. The second-order valence-corrected chi connectivity index (χ2v) is 5.08. The molecule has 1 aliphatic heterocycles. The van der Waals surface area contributed by atoms with Crippen molar-refractivity contribution in [3.05, 3.63) is 35.9 Å². The Kier molecular flexibility index (Phi) is 4.57. The van der Waals surface area contributed by atoms with Gasteiger partial charge in [-0.15, -0.1) is 0 Å². The van der Waals surface area contributed by atoms with E-state index in [1.165, 1.54) is 31.5 Å². The average Bonchev–Trinajstić information content (AvgIpc) is 2.79. The van der Waals surface area contributed by atoms with Crippen LogP contribution in [-0.4, -0.2) is 36.6 Å². The van der Waals surface area contributed by atoms with Gasteiger partial charge < -0.3 is 5.32 Å². The molecule has 0 amide bonds. The van der Waals surface area contributed by atoms with Crippen molar-refractivity contribution < 1.29 is 0 Å². The van der Waals surface area contributed by atoms with Crippen LogP contribution in [0.2, 0.25) is 0 Å². The highest BCUT2D eigenvalue weighted by Gasteiger charge is 2.25. The molecule has 0 radical (unpaired) electrons. The quantitative estimate of drug-likeness (QED) is 0.838. The first-order valence-electron chi connectivity index (χ1n) is 6.81. The van der Waals surface area contributed by atoms with Crippen LogP contribution in [0.4, 0.5) is 0 Å². The average molecular weight is 232 g/mol. The zero-order valence-electron chi connectivity index (χ0n) is 11.0. The maximum atomic E-state index is 3.55. The minimum absolute atomic E-state index is 0.654. The first-order chi connectivity index (χ1) is 8.29. The van der Waals surface area contributed by atoms with E-state index in [1.807, 2.05) is 0 Å². The number of rotatable bonds is 5. The molecule has 1 saturated heterocycles. The van der Waals surface area contributed by atoms with Gasteiger partial charge >= 0.3 is 0 Å². The first kappa shape index (κ1) is 12.6. The minimum atomic E-state index is 0.654. The van der Waals surface area contributed by atoms with Gasteiger partial charge in [-0.1, -0.05) is 37.3 Å². The smallest absolute Gasteiger partial charge is 0.0207 e. The molecular weight excluding hydrogens is 208 g/mol. The normalized spacial score (nSPS) is 22.8. The lowest BCUT2D eigenvalue weighted by Gasteiger charge is -2.24. The van der Waals surface area contributed by atoms with Crippen molar-refractivity contribution in [2.45, 2.75) is 38.8 Å². The van der Waals surface area contributed by atoms with Gasteiger partial charge in [0.25, 0.3) is 0 Å². The van der Waals surface area contributed by atoms with E-state index in [2.05, 4.69) is 54.4 Å². The van der Waals surface area contributed by atoms with Gasteiger partial charge in [0.1, 0.15) is 0 Å². The monoisotopic (exact) mass is 232 g/mol. The Bertz CT molecular complexity index is 323. The van der Waals surface area contributed by atoms with E-state index in [4.69, 9.17) is 0 Å². The Morgan fingerprint density at radius 3 is 2.82 bits per heavy atom. The number of nitrogens with zero attached hydrogens (tertiary/aromatic N) is 1. The molecule has 1 fully saturated rings. The molecule has 94 valence electrons. The zero-order valence-corrected chi connectivity index (χ0v) is 11.0. The Balaban J connectivity index is 1.83. The second kappa shape index (κ2) is 6.18. The summed E-state index contributed by atoms with van der Waals surface area (Å²) in [5.74, 6) is 0. The molecule has 0 aliphatic carbocycles. The van der Waals surface area contributed by atoms with Gasteiger partial charge in [-0.3, -0.25) is 4.90 Å². The minimum Gasteiger partial charge on any atom is -0.313 e. The molecule has 2 heteroatoms. The number of benzene rings is 1. The topological polar surface area (TPSA) is 15.3 Å². The largest absolute Gasteiger partial charge is 0.313 e. The number of hydrogen-bond donors (Lipinski definition) is 1. The van der Waals surface area contributed by atoms with Crippen LogP contribution in [0.1, 0.15) is 25.8 Å². The lowest BCUT2D eigenvalue weighted by molar-refractivity contribution is 0.251. The maximum Gasteiger partial charge on any atom is 0.0207 e. The van der Waals surface area contributed by atoms with Gasteiger partial charge in [0.2, 0.25) is 0 Å². The number of likely N-dealkylation sites (N-methyl/N-ethyl adjacent to an activating group) is 1. The molecule has 1 aliphatic rings. The third-order valence-corrected chi connectivity index (χ3v) is 3.71. The fourth-order valence-corrected chi connectivity index (χ4v) is 2.73. The summed E-state index contributed by atoms with van der Waals surface area (Å²) in [6.45, 7) is 8.08. The fraction of sp³-hybridized carbons (Fsp3) is 0.600.